The Morgan fingerprint density at radius 2 is 2.10 bits per heavy atom. The number of hydrogen-bond acceptors (Lipinski definition) is 4. The third-order valence-corrected chi connectivity index (χ3v) is 4.23. The molecular formula is C16H9BrN2OS. The quantitative estimate of drug-likeness (QED) is 0.603. The van der Waals surface area contributed by atoms with E-state index in [1.165, 1.54) is 11.3 Å². The fraction of sp³-hybridized carbons (Fsp3) is 0. The van der Waals surface area contributed by atoms with Gasteiger partial charge in [-0.2, -0.15) is 5.26 Å². The van der Waals surface area contributed by atoms with Crippen LogP contribution < -0.4 is 0 Å². The third-order valence-electron chi connectivity index (χ3n) is 2.82. The predicted octanol–water partition coefficient (Wildman–Crippen LogP) is 5.23. The molecule has 0 bridgehead atoms. The van der Waals surface area contributed by atoms with E-state index in [0.29, 0.717) is 16.3 Å². The second kappa shape index (κ2) is 6.08. The Labute approximate surface area is 134 Å². The minimum atomic E-state index is 0.498. The van der Waals surface area contributed by atoms with Gasteiger partial charge < -0.3 is 4.42 Å². The fourth-order valence-electron chi connectivity index (χ4n) is 1.81. The first kappa shape index (κ1) is 13.8. The summed E-state index contributed by atoms with van der Waals surface area (Å²) in [5, 5.41) is 11.9. The summed E-state index contributed by atoms with van der Waals surface area (Å²) in [4.78, 5) is 4.53. The van der Waals surface area contributed by atoms with Crippen molar-refractivity contribution >= 4 is 38.9 Å². The maximum Gasteiger partial charge on any atom is 0.134 e. The minimum Gasteiger partial charge on any atom is -0.465 e. The molecule has 0 spiro atoms. The maximum absolute atomic E-state index is 9.30. The van der Waals surface area contributed by atoms with Crippen LogP contribution in [0.4, 0.5) is 0 Å². The van der Waals surface area contributed by atoms with Gasteiger partial charge in [-0.3, -0.25) is 0 Å². The lowest BCUT2D eigenvalue weighted by Crippen LogP contribution is -1.82. The number of aromatic nitrogens is 1. The van der Waals surface area contributed by atoms with E-state index in [0.717, 1.165) is 15.7 Å². The molecule has 2 aromatic heterocycles. The zero-order valence-corrected chi connectivity index (χ0v) is 13.2. The Bertz CT molecular complexity index is 811. The Balaban J connectivity index is 1.94. The highest BCUT2D eigenvalue weighted by atomic mass is 79.9. The van der Waals surface area contributed by atoms with Crippen molar-refractivity contribution in [2.24, 2.45) is 0 Å². The first-order valence-electron chi connectivity index (χ1n) is 6.13. The number of nitriles is 1. The summed E-state index contributed by atoms with van der Waals surface area (Å²) in [6.45, 7) is 0. The van der Waals surface area contributed by atoms with Gasteiger partial charge in [0.15, 0.2) is 0 Å². The number of furan rings is 1. The monoisotopic (exact) mass is 356 g/mol. The zero-order chi connectivity index (χ0) is 14.7. The van der Waals surface area contributed by atoms with E-state index in [9.17, 15) is 5.26 Å². The van der Waals surface area contributed by atoms with Gasteiger partial charge in [-0.15, -0.1) is 11.3 Å². The summed E-state index contributed by atoms with van der Waals surface area (Å²) in [5.74, 6) is 0.645. The smallest absolute Gasteiger partial charge is 0.134 e. The maximum atomic E-state index is 9.30. The van der Waals surface area contributed by atoms with Gasteiger partial charge >= 0.3 is 0 Å². The van der Waals surface area contributed by atoms with Crippen molar-refractivity contribution in [1.29, 1.82) is 5.26 Å². The van der Waals surface area contributed by atoms with Gasteiger partial charge in [-0.25, -0.2) is 4.98 Å². The van der Waals surface area contributed by atoms with Gasteiger partial charge in [0.2, 0.25) is 0 Å². The average Bonchev–Trinajstić information content (AvgIpc) is 3.17. The van der Waals surface area contributed by atoms with Gasteiger partial charge in [-0.05, 0) is 24.3 Å². The lowest BCUT2D eigenvalue weighted by atomic mass is 10.2. The summed E-state index contributed by atoms with van der Waals surface area (Å²) in [7, 11) is 0. The van der Waals surface area contributed by atoms with Gasteiger partial charge in [0.1, 0.15) is 16.8 Å². The van der Waals surface area contributed by atoms with Crippen molar-refractivity contribution in [1.82, 2.24) is 4.98 Å². The van der Waals surface area contributed by atoms with Crippen molar-refractivity contribution in [2.75, 3.05) is 0 Å². The van der Waals surface area contributed by atoms with Crippen LogP contribution in [0, 0.1) is 11.3 Å². The van der Waals surface area contributed by atoms with E-state index in [4.69, 9.17) is 4.42 Å². The molecule has 0 atom stereocenters. The van der Waals surface area contributed by atoms with E-state index in [1.807, 2.05) is 29.6 Å². The molecule has 3 rings (SSSR count). The molecule has 0 saturated heterocycles. The molecular weight excluding hydrogens is 348 g/mol. The van der Waals surface area contributed by atoms with Crippen molar-refractivity contribution in [2.45, 2.75) is 0 Å². The normalized spacial score (nSPS) is 11.3. The van der Waals surface area contributed by atoms with Crippen LogP contribution in [-0.2, 0) is 0 Å². The lowest BCUT2D eigenvalue weighted by Gasteiger charge is -1.96. The van der Waals surface area contributed by atoms with E-state index in [-0.39, 0.29) is 0 Å². The molecule has 0 amide bonds. The van der Waals surface area contributed by atoms with Crippen molar-refractivity contribution in [3.05, 3.63) is 63.3 Å². The molecule has 0 aliphatic rings. The molecule has 0 saturated carbocycles. The van der Waals surface area contributed by atoms with Crippen LogP contribution >= 0.6 is 27.3 Å². The van der Waals surface area contributed by atoms with Crippen molar-refractivity contribution < 1.29 is 4.42 Å². The molecule has 0 radical (unpaired) electrons. The van der Waals surface area contributed by atoms with Crippen molar-refractivity contribution in [3.63, 3.8) is 0 Å². The summed E-state index contributed by atoms with van der Waals surface area (Å²) in [5.41, 5.74) is 2.39. The molecule has 21 heavy (non-hydrogen) atoms. The second-order valence-electron chi connectivity index (χ2n) is 4.23. The van der Waals surface area contributed by atoms with Gasteiger partial charge in [0, 0.05) is 21.5 Å². The van der Waals surface area contributed by atoms with Crippen LogP contribution in [0.2, 0.25) is 0 Å². The molecule has 3 aromatic rings. The molecule has 0 aliphatic carbocycles. The Morgan fingerprint density at radius 1 is 1.29 bits per heavy atom. The van der Waals surface area contributed by atoms with Crippen LogP contribution in [0.3, 0.4) is 0 Å². The molecule has 0 N–H and O–H groups in total. The predicted molar refractivity (Wildman–Crippen MR) is 87.4 cm³/mol. The number of allylic oxidation sites excluding steroid dienone is 1. The molecule has 2 heterocycles. The highest BCUT2D eigenvalue weighted by Gasteiger charge is 2.09. The third kappa shape index (κ3) is 3.13. The topological polar surface area (TPSA) is 49.8 Å². The van der Waals surface area contributed by atoms with Gasteiger partial charge in [0.25, 0.3) is 0 Å². The number of rotatable bonds is 3. The molecule has 0 unspecified atom stereocenters. The summed E-state index contributed by atoms with van der Waals surface area (Å²) in [6.07, 6.45) is 3.28. The van der Waals surface area contributed by atoms with E-state index >= 15 is 0 Å². The zero-order valence-electron chi connectivity index (χ0n) is 10.8. The number of nitrogens with zero attached hydrogens (tertiary/aromatic N) is 2. The second-order valence-corrected chi connectivity index (χ2v) is 6.00. The molecule has 1 aromatic carbocycles. The van der Waals surface area contributed by atoms with Crippen molar-refractivity contribution in [3.8, 4) is 17.3 Å². The molecule has 0 aliphatic heterocycles. The minimum absolute atomic E-state index is 0.498. The first-order valence-corrected chi connectivity index (χ1v) is 7.80. The number of halogens is 1. The summed E-state index contributed by atoms with van der Waals surface area (Å²) in [6, 6.07) is 13.7. The standard InChI is InChI=1S/C16H9BrN2OS/c17-13-5-3-11(4-6-13)15-10-21-16(19-15)12(9-18)8-14-2-1-7-20-14/h1-8,10H/b12-8-. The molecule has 5 heteroatoms. The van der Waals surface area contributed by atoms with Gasteiger partial charge in [0.05, 0.1) is 17.5 Å². The Kier molecular flexibility index (Phi) is 4.00. The Morgan fingerprint density at radius 3 is 2.76 bits per heavy atom. The van der Waals surface area contributed by atoms with Crippen LogP contribution in [0.5, 0.6) is 0 Å². The van der Waals surface area contributed by atoms with Crippen LogP contribution in [0.1, 0.15) is 10.8 Å². The van der Waals surface area contributed by atoms with Crippen LogP contribution in [-0.4, -0.2) is 4.98 Å². The Hall–Kier alpha value is -2.16. The van der Waals surface area contributed by atoms with E-state index in [1.54, 1.807) is 24.5 Å². The van der Waals surface area contributed by atoms with E-state index < -0.39 is 0 Å². The SMILES string of the molecule is N#C/C(=C/c1ccco1)c1nc(-c2ccc(Br)cc2)cs1. The fourth-order valence-corrected chi connectivity index (χ4v) is 2.87. The largest absolute Gasteiger partial charge is 0.465 e. The number of hydrogen-bond donors (Lipinski definition) is 0. The van der Waals surface area contributed by atoms with Crippen LogP contribution in [0.25, 0.3) is 22.9 Å². The number of benzene rings is 1. The summed E-state index contributed by atoms with van der Waals surface area (Å²) < 4.78 is 6.26. The highest BCUT2D eigenvalue weighted by molar-refractivity contribution is 9.10. The highest BCUT2D eigenvalue weighted by Crippen LogP contribution is 2.28. The molecule has 102 valence electrons. The average molecular weight is 357 g/mol. The van der Waals surface area contributed by atoms with Crippen LogP contribution in [0.15, 0.2) is 56.9 Å². The van der Waals surface area contributed by atoms with E-state index in [2.05, 4.69) is 27.0 Å². The number of thiazole rings is 1. The van der Waals surface area contributed by atoms with Gasteiger partial charge in [-0.1, -0.05) is 28.1 Å². The lowest BCUT2D eigenvalue weighted by molar-refractivity contribution is 0.557. The molecule has 0 fully saturated rings. The molecule has 3 nitrogen and oxygen atoms in total. The first-order chi connectivity index (χ1) is 10.3. The summed E-state index contributed by atoms with van der Waals surface area (Å²) >= 11 is 4.86.